The molecule has 0 bridgehead atoms. The van der Waals surface area contributed by atoms with Gasteiger partial charge in [0.1, 0.15) is 6.61 Å². The molecule has 0 amide bonds. The highest BCUT2D eigenvalue weighted by Gasteiger charge is 2.31. The summed E-state index contributed by atoms with van der Waals surface area (Å²) in [6.45, 7) is 4.64. The number of likely N-dealkylation sites (N-methyl/N-ethyl adjacent to an activating group) is 1. The molecule has 0 saturated heterocycles. The monoisotopic (exact) mass is 572 g/mol. The van der Waals surface area contributed by atoms with Gasteiger partial charge in [-0.2, -0.15) is 0 Å². The summed E-state index contributed by atoms with van der Waals surface area (Å²) in [5.41, 5.74) is 0. The number of aliphatic carboxylic acids is 1. The second-order valence-electron chi connectivity index (χ2n) is 12.1. The van der Waals surface area contributed by atoms with E-state index in [-0.39, 0.29) is 36.2 Å². The predicted molar refractivity (Wildman–Crippen MR) is 160 cm³/mol. The second-order valence-corrected chi connectivity index (χ2v) is 12.1. The zero-order valence-corrected chi connectivity index (χ0v) is 26.6. The van der Waals surface area contributed by atoms with E-state index in [1.165, 1.54) is 64.2 Å². The SMILES string of the molecule is CCCCCCCCCCCCC(=O)OC(COCCC(C(=O)O)[N+](C)(C)C)COC(=O)CCCCCCCC. The Morgan fingerprint density at radius 1 is 0.650 bits per heavy atom. The van der Waals surface area contributed by atoms with E-state index in [1.54, 1.807) is 0 Å². The Labute approximate surface area is 245 Å². The van der Waals surface area contributed by atoms with Crippen LogP contribution in [0.1, 0.15) is 136 Å². The maximum absolute atomic E-state index is 12.5. The van der Waals surface area contributed by atoms with E-state index < -0.39 is 18.1 Å². The number of carboxylic acids is 1. The molecule has 0 saturated carbocycles. The van der Waals surface area contributed by atoms with Crippen molar-refractivity contribution in [1.29, 1.82) is 0 Å². The standard InChI is InChI=1S/C32H61NO7/c1-6-8-10-12-14-15-16-17-19-21-23-31(35)40-28(26-38-25-24-29(32(36)37)33(3,4)5)27-39-30(34)22-20-18-13-11-9-7-2/h28-29H,6-27H2,1-5H3/p+1. The Morgan fingerprint density at radius 2 is 1.10 bits per heavy atom. The third-order valence-electron chi connectivity index (χ3n) is 7.26. The average molecular weight is 573 g/mol. The third kappa shape index (κ3) is 23.1. The normalized spacial score (nSPS) is 13.1. The van der Waals surface area contributed by atoms with Crippen molar-refractivity contribution in [1.82, 2.24) is 0 Å². The number of carbonyl (C=O) groups excluding carboxylic acids is 2. The first-order chi connectivity index (χ1) is 19.1. The first-order valence-electron chi connectivity index (χ1n) is 16.1. The summed E-state index contributed by atoms with van der Waals surface area (Å²) >= 11 is 0. The van der Waals surface area contributed by atoms with Gasteiger partial charge in [0.25, 0.3) is 0 Å². The Balaban J connectivity index is 4.48. The Bertz CT molecular complexity index is 648. The van der Waals surface area contributed by atoms with Crippen molar-refractivity contribution in [3.8, 4) is 0 Å². The number of ether oxygens (including phenoxy) is 3. The van der Waals surface area contributed by atoms with Crippen LogP contribution in [0.5, 0.6) is 0 Å². The molecule has 0 aromatic carbocycles. The first-order valence-corrected chi connectivity index (χ1v) is 16.1. The Hall–Kier alpha value is -1.67. The van der Waals surface area contributed by atoms with E-state index in [0.29, 0.717) is 19.3 Å². The molecule has 236 valence electrons. The average Bonchev–Trinajstić information content (AvgIpc) is 2.89. The van der Waals surface area contributed by atoms with Gasteiger partial charge in [-0.25, -0.2) is 4.79 Å². The van der Waals surface area contributed by atoms with Gasteiger partial charge in [-0.15, -0.1) is 0 Å². The minimum absolute atomic E-state index is 0.0455. The van der Waals surface area contributed by atoms with E-state index >= 15 is 0 Å². The van der Waals surface area contributed by atoms with Gasteiger partial charge in [0.2, 0.25) is 0 Å². The minimum Gasteiger partial charge on any atom is -0.477 e. The van der Waals surface area contributed by atoms with Gasteiger partial charge >= 0.3 is 17.9 Å². The molecule has 0 aliphatic heterocycles. The summed E-state index contributed by atoms with van der Waals surface area (Å²) in [4.78, 5) is 36.3. The molecule has 0 aliphatic rings. The van der Waals surface area contributed by atoms with E-state index in [0.717, 1.165) is 38.5 Å². The summed E-state index contributed by atoms with van der Waals surface area (Å²) in [6, 6.07) is -0.604. The van der Waals surface area contributed by atoms with Gasteiger partial charge < -0.3 is 23.8 Å². The highest BCUT2D eigenvalue weighted by atomic mass is 16.6. The van der Waals surface area contributed by atoms with E-state index in [2.05, 4.69) is 13.8 Å². The summed E-state index contributed by atoms with van der Waals surface area (Å²) in [5, 5.41) is 9.51. The molecule has 0 rings (SSSR count). The number of hydrogen-bond acceptors (Lipinski definition) is 6. The summed E-state index contributed by atoms with van der Waals surface area (Å²) < 4.78 is 17.0. The molecular formula is C32H62NO7+. The number of quaternary nitrogens is 1. The van der Waals surface area contributed by atoms with Gasteiger partial charge in [0, 0.05) is 19.3 Å². The molecule has 0 radical (unpaired) electrons. The first kappa shape index (κ1) is 38.3. The fraction of sp³-hybridized carbons (Fsp3) is 0.906. The minimum atomic E-state index is -0.876. The maximum Gasteiger partial charge on any atom is 0.362 e. The number of nitrogens with zero attached hydrogens (tertiary/aromatic N) is 1. The summed E-state index contributed by atoms with van der Waals surface area (Å²) in [6.07, 6.45) is 18.8. The molecule has 0 aliphatic carbocycles. The van der Waals surface area contributed by atoms with Crippen LogP contribution < -0.4 is 0 Å². The lowest BCUT2D eigenvalue weighted by Gasteiger charge is -2.31. The molecule has 8 heteroatoms. The van der Waals surface area contributed by atoms with Crippen molar-refractivity contribution >= 4 is 17.9 Å². The fourth-order valence-corrected chi connectivity index (χ4v) is 4.68. The van der Waals surface area contributed by atoms with Crippen LogP contribution in [0.4, 0.5) is 0 Å². The number of hydrogen-bond donors (Lipinski definition) is 1. The number of carboxylic acid groups (broad SMARTS) is 1. The van der Waals surface area contributed by atoms with Crippen LogP contribution in [0.3, 0.4) is 0 Å². The quantitative estimate of drug-likeness (QED) is 0.0608. The van der Waals surface area contributed by atoms with Crippen molar-refractivity contribution in [2.75, 3.05) is 41.0 Å². The van der Waals surface area contributed by atoms with Crippen LogP contribution in [0, 0.1) is 0 Å². The number of rotatable bonds is 28. The zero-order chi connectivity index (χ0) is 30.1. The lowest BCUT2D eigenvalue weighted by molar-refractivity contribution is -0.887. The molecule has 0 fully saturated rings. The van der Waals surface area contributed by atoms with Crippen LogP contribution in [0.25, 0.3) is 0 Å². The molecular weight excluding hydrogens is 510 g/mol. The Morgan fingerprint density at radius 3 is 1.55 bits per heavy atom. The highest BCUT2D eigenvalue weighted by Crippen LogP contribution is 2.13. The highest BCUT2D eigenvalue weighted by molar-refractivity contribution is 5.72. The van der Waals surface area contributed by atoms with Crippen molar-refractivity contribution in [2.24, 2.45) is 0 Å². The van der Waals surface area contributed by atoms with E-state index in [1.807, 2.05) is 21.1 Å². The molecule has 0 aromatic heterocycles. The molecule has 0 spiro atoms. The lowest BCUT2D eigenvalue weighted by Crippen LogP contribution is -2.50. The van der Waals surface area contributed by atoms with E-state index in [9.17, 15) is 19.5 Å². The fourth-order valence-electron chi connectivity index (χ4n) is 4.68. The van der Waals surface area contributed by atoms with E-state index in [4.69, 9.17) is 14.2 Å². The predicted octanol–water partition coefficient (Wildman–Crippen LogP) is 7.07. The molecule has 0 heterocycles. The Kier molecular flexibility index (Phi) is 24.0. The molecule has 2 atom stereocenters. The largest absolute Gasteiger partial charge is 0.477 e. The van der Waals surface area contributed by atoms with Crippen LogP contribution in [-0.2, 0) is 28.6 Å². The van der Waals surface area contributed by atoms with Gasteiger partial charge in [0.05, 0.1) is 34.4 Å². The number of unbranched alkanes of at least 4 members (excludes halogenated alkanes) is 14. The van der Waals surface area contributed by atoms with Crippen LogP contribution in [0.2, 0.25) is 0 Å². The van der Waals surface area contributed by atoms with Crippen LogP contribution >= 0.6 is 0 Å². The molecule has 0 aromatic rings. The molecule has 1 N–H and O–H groups in total. The molecule has 2 unspecified atom stereocenters. The molecule has 40 heavy (non-hydrogen) atoms. The number of carbonyl (C=O) groups is 3. The maximum atomic E-state index is 12.5. The van der Waals surface area contributed by atoms with Crippen molar-refractivity contribution in [3.05, 3.63) is 0 Å². The summed E-state index contributed by atoms with van der Waals surface area (Å²) in [5.74, 6) is -1.48. The zero-order valence-electron chi connectivity index (χ0n) is 26.6. The van der Waals surface area contributed by atoms with Crippen LogP contribution in [-0.4, -0.2) is 80.6 Å². The van der Waals surface area contributed by atoms with Crippen molar-refractivity contribution in [3.63, 3.8) is 0 Å². The summed E-state index contributed by atoms with van der Waals surface area (Å²) in [7, 11) is 5.50. The topological polar surface area (TPSA) is 99.1 Å². The van der Waals surface area contributed by atoms with Crippen molar-refractivity contribution in [2.45, 2.75) is 148 Å². The van der Waals surface area contributed by atoms with Gasteiger partial charge in [-0.3, -0.25) is 9.59 Å². The second kappa shape index (κ2) is 25.1. The lowest BCUT2D eigenvalue weighted by atomic mass is 10.1. The molecule has 8 nitrogen and oxygen atoms in total. The number of esters is 2. The van der Waals surface area contributed by atoms with Crippen LogP contribution in [0.15, 0.2) is 0 Å². The van der Waals surface area contributed by atoms with Gasteiger partial charge in [0.15, 0.2) is 12.1 Å². The van der Waals surface area contributed by atoms with Gasteiger partial charge in [-0.05, 0) is 12.8 Å². The smallest absolute Gasteiger partial charge is 0.362 e. The van der Waals surface area contributed by atoms with Crippen molar-refractivity contribution < 1.29 is 38.2 Å². The third-order valence-corrected chi connectivity index (χ3v) is 7.26. The van der Waals surface area contributed by atoms with Gasteiger partial charge in [-0.1, -0.05) is 104 Å².